The summed E-state index contributed by atoms with van der Waals surface area (Å²) in [6.45, 7) is 3.67. The molecule has 0 atom stereocenters. The van der Waals surface area contributed by atoms with E-state index in [9.17, 15) is 4.79 Å². The van der Waals surface area contributed by atoms with Crippen LogP contribution in [0.25, 0.3) is 0 Å². The Morgan fingerprint density at radius 3 is 2.35 bits per heavy atom. The van der Waals surface area contributed by atoms with E-state index in [2.05, 4.69) is 15.5 Å². The first kappa shape index (κ1) is 14.0. The van der Waals surface area contributed by atoms with Gasteiger partial charge in [-0.15, -0.1) is 10.2 Å². The highest BCUT2D eigenvalue weighted by atomic mass is 16.1. The van der Waals surface area contributed by atoms with Crippen LogP contribution in [0.5, 0.6) is 0 Å². The van der Waals surface area contributed by atoms with E-state index < -0.39 is 0 Å². The largest absolute Gasteiger partial charge is 0.328 e. The Hall–Kier alpha value is -2.43. The summed E-state index contributed by atoms with van der Waals surface area (Å²) in [5.74, 6) is 1.04. The number of aromatic nitrogens is 2. The molecule has 0 aliphatic heterocycles. The van der Waals surface area contributed by atoms with Gasteiger partial charge in [0, 0.05) is 18.7 Å². The topological polar surface area (TPSA) is 58.1 Å². The van der Waals surface area contributed by atoms with Crippen molar-refractivity contribution in [3.8, 4) is 0 Å². The van der Waals surface area contributed by atoms with Gasteiger partial charge < -0.3 is 10.2 Å². The Morgan fingerprint density at radius 2 is 1.80 bits per heavy atom. The maximum Gasteiger partial charge on any atom is 0.228 e. The van der Waals surface area contributed by atoms with E-state index in [1.165, 1.54) is 0 Å². The van der Waals surface area contributed by atoms with Crippen LogP contribution in [0.4, 0.5) is 17.3 Å². The zero-order valence-corrected chi connectivity index (χ0v) is 11.9. The maximum atomic E-state index is 11.6. The van der Waals surface area contributed by atoms with Crippen LogP contribution in [0.2, 0.25) is 0 Å². The molecule has 0 saturated carbocycles. The molecule has 0 unspecified atom stereocenters. The van der Waals surface area contributed by atoms with Crippen LogP contribution in [0.3, 0.4) is 0 Å². The molecule has 0 saturated heterocycles. The molecule has 0 aliphatic carbocycles. The van der Waals surface area contributed by atoms with Crippen LogP contribution < -0.4 is 10.2 Å². The first-order valence-electron chi connectivity index (χ1n) is 6.51. The number of rotatable bonds is 4. The van der Waals surface area contributed by atoms with Gasteiger partial charge in [0.05, 0.1) is 0 Å². The van der Waals surface area contributed by atoms with Gasteiger partial charge in [0.25, 0.3) is 0 Å². The van der Waals surface area contributed by atoms with Crippen molar-refractivity contribution in [2.24, 2.45) is 5.92 Å². The summed E-state index contributed by atoms with van der Waals surface area (Å²) in [4.78, 5) is 13.5. The number of hydrogen-bond acceptors (Lipinski definition) is 4. The number of amides is 1. The third-order valence-electron chi connectivity index (χ3n) is 2.91. The van der Waals surface area contributed by atoms with Crippen molar-refractivity contribution in [1.29, 1.82) is 0 Å². The van der Waals surface area contributed by atoms with Crippen molar-refractivity contribution >= 4 is 23.2 Å². The second-order valence-corrected chi connectivity index (χ2v) is 4.82. The third-order valence-corrected chi connectivity index (χ3v) is 2.91. The van der Waals surface area contributed by atoms with E-state index in [1.54, 1.807) is 6.07 Å². The van der Waals surface area contributed by atoms with Gasteiger partial charge in [-0.2, -0.15) is 0 Å². The lowest BCUT2D eigenvalue weighted by molar-refractivity contribution is -0.118. The van der Waals surface area contributed by atoms with E-state index in [4.69, 9.17) is 0 Å². The van der Waals surface area contributed by atoms with Crippen LogP contribution >= 0.6 is 0 Å². The highest BCUT2D eigenvalue weighted by Gasteiger charge is 2.09. The van der Waals surface area contributed by atoms with Crippen molar-refractivity contribution in [3.05, 3.63) is 42.5 Å². The second-order valence-electron chi connectivity index (χ2n) is 4.82. The van der Waals surface area contributed by atoms with Crippen molar-refractivity contribution in [3.63, 3.8) is 0 Å². The Balaban J connectivity index is 2.10. The monoisotopic (exact) mass is 270 g/mol. The first-order chi connectivity index (χ1) is 9.58. The fourth-order valence-corrected chi connectivity index (χ4v) is 1.63. The van der Waals surface area contributed by atoms with Crippen molar-refractivity contribution in [1.82, 2.24) is 10.2 Å². The number of hydrogen-bond donors (Lipinski definition) is 1. The molecular weight excluding hydrogens is 252 g/mol. The molecule has 1 N–H and O–H groups in total. The standard InChI is InChI=1S/C15H18N4O/c1-11(2)15(20)16-13-9-10-14(18-17-13)19(3)12-7-5-4-6-8-12/h4-11H,1-3H3,(H,16,17,20). The van der Waals surface area contributed by atoms with Gasteiger partial charge in [-0.3, -0.25) is 4.79 Å². The van der Waals surface area contributed by atoms with E-state index in [0.29, 0.717) is 5.82 Å². The minimum atomic E-state index is -0.0801. The number of benzene rings is 1. The SMILES string of the molecule is CC(C)C(=O)Nc1ccc(N(C)c2ccccc2)nn1. The van der Waals surface area contributed by atoms with Crippen molar-refractivity contribution in [2.75, 3.05) is 17.3 Å². The molecule has 0 bridgehead atoms. The van der Waals surface area contributed by atoms with Gasteiger partial charge in [0.2, 0.25) is 5.91 Å². The summed E-state index contributed by atoms with van der Waals surface area (Å²) in [7, 11) is 1.92. The summed E-state index contributed by atoms with van der Waals surface area (Å²) in [5, 5.41) is 10.9. The van der Waals surface area contributed by atoms with Gasteiger partial charge in [0.1, 0.15) is 0 Å². The van der Waals surface area contributed by atoms with Gasteiger partial charge in [-0.05, 0) is 24.3 Å². The molecule has 2 aromatic rings. The van der Waals surface area contributed by atoms with Crippen LogP contribution in [0, 0.1) is 5.92 Å². The van der Waals surface area contributed by atoms with E-state index >= 15 is 0 Å². The fraction of sp³-hybridized carbons (Fsp3) is 0.267. The predicted molar refractivity (Wildman–Crippen MR) is 80.0 cm³/mol. The minimum Gasteiger partial charge on any atom is -0.328 e. The zero-order chi connectivity index (χ0) is 14.5. The maximum absolute atomic E-state index is 11.6. The molecule has 0 radical (unpaired) electrons. The average Bonchev–Trinajstić information content (AvgIpc) is 2.48. The molecule has 1 aromatic carbocycles. The lowest BCUT2D eigenvalue weighted by Crippen LogP contribution is -2.19. The van der Waals surface area contributed by atoms with Crippen LogP contribution in [0.15, 0.2) is 42.5 Å². The second kappa shape index (κ2) is 6.14. The summed E-state index contributed by atoms with van der Waals surface area (Å²) in [6, 6.07) is 13.5. The molecule has 5 heteroatoms. The lowest BCUT2D eigenvalue weighted by atomic mass is 10.2. The normalized spacial score (nSPS) is 10.4. The molecule has 2 rings (SSSR count). The Morgan fingerprint density at radius 1 is 1.10 bits per heavy atom. The highest BCUT2D eigenvalue weighted by Crippen LogP contribution is 2.20. The average molecular weight is 270 g/mol. The summed E-state index contributed by atoms with van der Waals surface area (Å²) >= 11 is 0. The van der Waals surface area contributed by atoms with Crippen LogP contribution in [-0.4, -0.2) is 23.2 Å². The smallest absolute Gasteiger partial charge is 0.228 e. The molecule has 5 nitrogen and oxygen atoms in total. The molecule has 0 fully saturated rings. The molecule has 1 heterocycles. The highest BCUT2D eigenvalue weighted by molar-refractivity contribution is 5.91. The van der Waals surface area contributed by atoms with E-state index in [0.717, 1.165) is 11.5 Å². The van der Waals surface area contributed by atoms with Crippen molar-refractivity contribution in [2.45, 2.75) is 13.8 Å². The Bertz CT molecular complexity index is 566. The quantitative estimate of drug-likeness (QED) is 0.928. The molecule has 0 spiro atoms. The predicted octanol–water partition coefficient (Wildman–Crippen LogP) is 2.84. The van der Waals surface area contributed by atoms with Gasteiger partial charge >= 0.3 is 0 Å². The summed E-state index contributed by atoms with van der Waals surface area (Å²) < 4.78 is 0. The molecule has 1 aromatic heterocycles. The Labute approximate surface area is 118 Å². The Kier molecular flexibility index (Phi) is 4.30. The van der Waals surface area contributed by atoms with E-state index in [1.807, 2.05) is 62.2 Å². The minimum absolute atomic E-state index is 0.0662. The molecule has 104 valence electrons. The molecule has 0 aliphatic rings. The number of para-hydroxylation sites is 1. The number of nitrogens with zero attached hydrogens (tertiary/aromatic N) is 3. The molecule has 20 heavy (non-hydrogen) atoms. The van der Waals surface area contributed by atoms with Crippen molar-refractivity contribution < 1.29 is 4.79 Å². The number of nitrogens with one attached hydrogen (secondary N) is 1. The zero-order valence-electron chi connectivity index (χ0n) is 11.9. The molecule has 1 amide bonds. The lowest BCUT2D eigenvalue weighted by Gasteiger charge is -2.17. The fourth-order valence-electron chi connectivity index (χ4n) is 1.63. The first-order valence-corrected chi connectivity index (χ1v) is 6.51. The van der Waals surface area contributed by atoms with Gasteiger partial charge in [0.15, 0.2) is 11.6 Å². The van der Waals surface area contributed by atoms with Crippen LogP contribution in [0.1, 0.15) is 13.8 Å². The number of anilines is 3. The summed E-state index contributed by atoms with van der Waals surface area (Å²) in [6.07, 6.45) is 0. The van der Waals surface area contributed by atoms with Gasteiger partial charge in [-0.1, -0.05) is 32.0 Å². The summed E-state index contributed by atoms with van der Waals surface area (Å²) in [5.41, 5.74) is 1.03. The van der Waals surface area contributed by atoms with E-state index in [-0.39, 0.29) is 11.8 Å². The van der Waals surface area contributed by atoms with Crippen LogP contribution in [-0.2, 0) is 4.79 Å². The number of carbonyl (C=O) groups is 1. The van der Waals surface area contributed by atoms with Gasteiger partial charge in [-0.25, -0.2) is 0 Å². The number of carbonyl (C=O) groups excluding carboxylic acids is 1. The molecular formula is C15H18N4O. The third kappa shape index (κ3) is 3.32.